The zero-order valence-corrected chi connectivity index (χ0v) is 18.5. The van der Waals surface area contributed by atoms with Crippen LogP contribution < -0.4 is 10.6 Å². The minimum atomic E-state index is -0.277. The Hall–Kier alpha value is -2.97. The lowest BCUT2D eigenvalue weighted by Gasteiger charge is -2.31. The zero-order valence-electron chi connectivity index (χ0n) is 17.0. The Bertz CT molecular complexity index is 1070. The highest BCUT2D eigenvalue weighted by atomic mass is 35.5. The Morgan fingerprint density at radius 2 is 1.71 bits per heavy atom. The number of anilines is 2. The molecule has 4 rings (SSSR count). The summed E-state index contributed by atoms with van der Waals surface area (Å²) in [4.78, 5) is 26.9. The standard InChI is InChI=1S/C22H22ClN5O2S/c1-14-4-8-17(9-5-14)24-19(29)21-27-26-20(31-21)15-3-2-12-28(13-15)22(30)25-18-10-6-16(23)7-11-18/h4-11,15H,2-3,12-13H2,1H3,(H,24,29)(H,25,30). The maximum absolute atomic E-state index is 12.7. The van der Waals surface area contributed by atoms with E-state index in [1.165, 1.54) is 11.3 Å². The zero-order chi connectivity index (χ0) is 21.8. The molecule has 160 valence electrons. The fraction of sp³-hybridized carbons (Fsp3) is 0.273. The molecule has 0 saturated carbocycles. The maximum atomic E-state index is 12.7. The second-order valence-corrected chi connectivity index (χ2v) is 8.93. The van der Waals surface area contributed by atoms with Crippen LogP contribution in [-0.2, 0) is 0 Å². The molecule has 0 spiro atoms. The molecule has 1 aromatic heterocycles. The van der Waals surface area contributed by atoms with Gasteiger partial charge in [0.1, 0.15) is 5.01 Å². The summed E-state index contributed by atoms with van der Waals surface area (Å²) >= 11 is 7.18. The lowest BCUT2D eigenvalue weighted by molar-refractivity contribution is 0.102. The van der Waals surface area contributed by atoms with Gasteiger partial charge < -0.3 is 15.5 Å². The van der Waals surface area contributed by atoms with Crippen LogP contribution in [0.5, 0.6) is 0 Å². The molecular weight excluding hydrogens is 434 g/mol. The maximum Gasteiger partial charge on any atom is 0.321 e. The number of amides is 3. The number of rotatable bonds is 4. The average Bonchev–Trinajstić information content (AvgIpc) is 3.28. The van der Waals surface area contributed by atoms with E-state index < -0.39 is 0 Å². The molecule has 1 saturated heterocycles. The lowest BCUT2D eigenvalue weighted by Crippen LogP contribution is -2.41. The van der Waals surface area contributed by atoms with Crippen molar-refractivity contribution in [3.05, 3.63) is 69.1 Å². The molecule has 1 aliphatic rings. The van der Waals surface area contributed by atoms with Crippen LogP contribution in [0.1, 0.15) is 39.1 Å². The Morgan fingerprint density at radius 3 is 2.45 bits per heavy atom. The van der Waals surface area contributed by atoms with Crippen LogP contribution in [0.15, 0.2) is 48.5 Å². The van der Waals surface area contributed by atoms with Crippen LogP contribution >= 0.6 is 22.9 Å². The normalized spacial score (nSPS) is 16.1. The summed E-state index contributed by atoms with van der Waals surface area (Å²) in [6.45, 7) is 3.20. The second-order valence-electron chi connectivity index (χ2n) is 7.49. The summed E-state index contributed by atoms with van der Waals surface area (Å²) in [5.41, 5.74) is 2.54. The van der Waals surface area contributed by atoms with Crippen molar-refractivity contribution in [3.8, 4) is 0 Å². The third-order valence-electron chi connectivity index (χ3n) is 5.10. The van der Waals surface area contributed by atoms with Gasteiger partial charge in [-0.25, -0.2) is 4.79 Å². The first-order valence-electron chi connectivity index (χ1n) is 10.0. The number of piperidine rings is 1. The summed E-state index contributed by atoms with van der Waals surface area (Å²) in [6.07, 6.45) is 1.77. The molecule has 2 N–H and O–H groups in total. The SMILES string of the molecule is Cc1ccc(NC(=O)c2nnc(C3CCCN(C(=O)Nc4ccc(Cl)cc4)C3)s2)cc1. The predicted molar refractivity (Wildman–Crippen MR) is 123 cm³/mol. The van der Waals surface area contributed by atoms with Crippen molar-refractivity contribution in [3.63, 3.8) is 0 Å². The van der Waals surface area contributed by atoms with Crippen molar-refractivity contribution >= 4 is 46.3 Å². The molecule has 1 unspecified atom stereocenters. The van der Waals surface area contributed by atoms with Gasteiger partial charge in [0.05, 0.1) is 0 Å². The third kappa shape index (κ3) is 5.39. The fourth-order valence-corrected chi connectivity index (χ4v) is 4.40. The largest absolute Gasteiger partial charge is 0.324 e. The second kappa shape index (κ2) is 9.45. The van der Waals surface area contributed by atoms with Gasteiger partial charge in [-0.3, -0.25) is 4.79 Å². The van der Waals surface area contributed by atoms with Gasteiger partial charge in [0.2, 0.25) is 5.01 Å². The van der Waals surface area contributed by atoms with Crippen LogP contribution in [0.2, 0.25) is 5.02 Å². The number of likely N-dealkylation sites (tertiary alicyclic amines) is 1. The molecule has 3 amide bonds. The average molecular weight is 456 g/mol. The van der Waals surface area contributed by atoms with E-state index in [4.69, 9.17) is 11.6 Å². The molecule has 3 aromatic rings. The first-order valence-corrected chi connectivity index (χ1v) is 11.2. The van der Waals surface area contributed by atoms with Gasteiger partial charge in [0.15, 0.2) is 0 Å². The Balaban J connectivity index is 1.37. The first-order chi connectivity index (χ1) is 15.0. The van der Waals surface area contributed by atoms with E-state index >= 15 is 0 Å². The van der Waals surface area contributed by atoms with E-state index in [0.29, 0.717) is 28.8 Å². The fourth-order valence-electron chi connectivity index (χ4n) is 3.41. The summed E-state index contributed by atoms with van der Waals surface area (Å²) < 4.78 is 0. The summed E-state index contributed by atoms with van der Waals surface area (Å²) in [5.74, 6) is -0.219. The molecule has 1 atom stereocenters. The van der Waals surface area contributed by atoms with Gasteiger partial charge in [-0.15, -0.1) is 10.2 Å². The van der Waals surface area contributed by atoms with Crippen molar-refractivity contribution in [2.24, 2.45) is 0 Å². The molecular formula is C22H22ClN5O2S. The van der Waals surface area contributed by atoms with Gasteiger partial charge in [-0.05, 0) is 56.2 Å². The topological polar surface area (TPSA) is 87.2 Å². The molecule has 2 aromatic carbocycles. The van der Waals surface area contributed by atoms with E-state index in [1.807, 2.05) is 31.2 Å². The number of nitrogens with zero attached hydrogens (tertiary/aromatic N) is 3. The van der Waals surface area contributed by atoms with E-state index in [9.17, 15) is 9.59 Å². The van der Waals surface area contributed by atoms with Gasteiger partial charge >= 0.3 is 6.03 Å². The summed E-state index contributed by atoms with van der Waals surface area (Å²) in [6, 6.07) is 14.4. The molecule has 2 heterocycles. The first kappa shape index (κ1) is 21.3. The van der Waals surface area contributed by atoms with Crippen LogP contribution in [0.25, 0.3) is 0 Å². The molecule has 1 aliphatic heterocycles. The number of carbonyl (C=O) groups excluding carboxylic acids is 2. The summed E-state index contributed by atoms with van der Waals surface area (Å²) in [7, 11) is 0. The minimum absolute atomic E-state index is 0.0585. The van der Waals surface area contributed by atoms with Gasteiger partial charge in [0.25, 0.3) is 5.91 Å². The lowest BCUT2D eigenvalue weighted by atomic mass is 9.99. The number of hydrogen-bond donors (Lipinski definition) is 2. The quantitative estimate of drug-likeness (QED) is 0.568. The number of aryl methyl sites for hydroxylation is 1. The Kier molecular flexibility index (Phi) is 6.48. The smallest absolute Gasteiger partial charge is 0.321 e. The highest BCUT2D eigenvalue weighted by Crippen LogP contribution is 2.30. The number of urea groups is 1. The molecule has 0 radical (unpaired) electrons. The van der Waals surface area contributed by atoms with Crippen LogP contribution in [0, 0.1) is 6.92 Å². The van der Waals surface area contributed by atoms with Crippen molar-refractivity contribution in [1.82, 2.24) is 15.1 Å². The van der Waals surface area contributed by atoms with Gasteiger partial charge in [-0.2, -0.15) is 0 Å². The highest BCUT2D eigenvalue weighted by Gasteiger charge is 2.28. The molecule has 0 bridgehead atoms. The Labute approximate surface area is 189 Å². The number of hydrogen-bond acceptors (Lipinski definition) is 5. The van der Waals surface area contributed by atoms with E-state index in [-0.39, 0.29) is 17.9 Å². The van der Waals surface area contributed by atoms with Crippen molar-refractivity contribution in [1.29, 1.82) is 0 Å². The van der Waals surface area contributed by atoms with Crippen LogP contribution in [-0.4, -0.2) is 40.1 Å². The highest BCUT2D eigenvalue weighted by molar-refractivity contribution is 7.13. The number of aromatic nitrogens is 2. The van der Waals surface area contributed by atoms with E-state index in [0.717, 1.165) is 29.1 Å². The number of halogens is 1. The molecule has 0 aliphatic carbocycles. The predicted octanol–water partition coefficient (Wildman–Crippen LogP) is 5.16. The van der Waals surface area contributed by atoms with Gasteiger partial charge in [0, 0.05) is 35.4 Å². The van der Waals surface area contributed by atoms with Crippen LogP contribution in [0.3, 0.4) is 0 Å². The molecule has 31 heavy (non-hydrogen) atoms. The van der Waals surface area contributed by atoms with Crippen molar-refractivity contribution in [2.75, 3.05) is 23.7 Å². The monoisotopic (exact) mass is 455 g/mol. The number of nitrogens with one attached hydrogen (secondary N) is 2. The molecule has 7 nitrogen and oxygen atoms in total. The Morgan fingerprint density at radius 1 is 1.03 bits per heavy atom. The van der Waals surface area contributed by atoms with Crippen LogP contribution in [0.4, 0.5) is 16.2 Å². The summed E-state index contributed by atoms with van der Waals surface area (Å²) in [5, 5.41) is 15.8. The molecule has 9 heteroatoms. The van der Waals surface area contributed by atoms with E-state index in [2.05, 4.69) is 20.8 Å². The minimum Gasteiger partial charge on any atom is -0.324 e. The third-order valence-corrected chi connectivity index (χ3v) is 6.43. The number of benzene rings is 2. The van der Waals surface area contributed by atoms with E-state index in [1.54, 1.807) is 29.2 Å². The van der Waals surface area contributed by atoms with Crippen molar-refractivity contribution in [2.45, 2.75) is 25.7 Å². The van der Waals surface area contributed by atoms with Gasteiger partial charge in [-0.1, -0.05) is 40.6 Å². The van der Waals surface area contributed by atoms with Crippen molar-refractivity contribution < 1.29 is 9.59 Å². The molecule has 1 fully saturated rings. The number of carbonyl (C=O) groups is 2.